The van der Waals surface area contributed by atoms with Crippen LogP contribution in [0.1, 0.15) is 38.4 Å². The van der Waals surface area contributed by atoms with Crippen LogP contribution in [0.25, 0.3) is 11.6 Å². The molecule has 2 aromatic rings. The zero-order chi connectivity index (χ0) is 14.8. The summed E-state index contributed by atoms with van der Waals surface area (Å²) in [4.78, 5) is 8.08. The summed E-state index contributed by atoms with van der Waals surface area (Å²) in [5, 5.41) is 10.5. The van der Waals surface area contributed by atoms with Crippen LogP contribution in [0.3, 0.4) is 0 Å². The number of alkyl halides is 3. The molecule has 0 fully saturated rings. The van der Waals surface area contributed by atoms with Gasteiger partial charge in [-0.05, 0) is 6.42 Å². The molecule has 2 rings (SSSR count). The van der Waals surface area contributed by atoms with Gasteiger partial charge >= 0.3 is 6.18 Å². The van der Waals surface area contributed by atoms with Crippen LogP contribution in [0.2, 0.25) is 0 Å². The lowest BCUT2D eigenvalue weighted by Gasteiger charge is -2.14. The number of hydrogen-bond acceptors (Lipinski definition) is 4. The van der Waals surface area contributed by atoms with Crippen LogP contribution in [-0.2, 0) is 6.54 Å². The summed E-state index contributed by atoms with van der Waals surface area (Å²) in [6.45, 7) is 3.93. The highest BCUT2D eigenvalue weighted by molar-refractivity contribution is 5.40. The summed E-state index contributed by atoms with van der Waals surface area (Å²) in [6, 6.07) is 0. The van der Waals surface area contributed by atoms with Gasteiger partial charge in [-0.1, -0.05) is 13.8 Å². The summed E-state index contributed by atoms with van der Waals surface area (Å²) in [7, 11) is 0. The van der Waals surface area contributed by atoms with Gasteiger partial charge in [-0.3, -0.25) is 5.10 Å². The Labute approximate surface area is 113 Å². The maximum atomic E-state index is 12.5. The van der Waals surface area contributed by atoms with Gasteiger partial charge in [0.15, 0.2) is 5.82 Å². The van der Waals surface area contributed by atoms with E-state index in [9.17, 15) is 13.2 Å². The lowest BCUT2D eigenvalue weighted by Crippen LogP contribution is -2.16. The highest BCUT2D eigenvalue weighted by Crippen LogP contribution is 2.30. The number of aromatic nitrogens is 6. The van der Waals surface area contributed by atoms with E-state index >= 15 is 0 Å². The first-order valence-electron chi connectivity index (χ1n) is 6.28. The molecule has 110 valence electrons. The molecule has 1 atom stereocenters. The monoisotopic (exact) mass is 288 g/mol. The van der Waals surface area contributed by atoms with Crippen molar-refractivity contribution in [2.45, 2.75) is 45.3 Å². The topological polar surface area (TPSA) is 72.3 Å². The molecule has 6 nitrogen and oxygen atoms in total. The molecule has 0 radical (unpaired) electrons. The number of nitrogens with zero attached hydrogens (tertiary/aromatic N) is 5. The van der Waals surface area contributed by atoms with Crippen molar-refractivity contribution in [3.8, 4) is 11.6 Å². The lowest BCUT2D eigenvalue weighted by molar-refractivity contribution is -0.138. The third-order valence-electron chi connectivity index (χ3n) is 2.74. The first kappa shape index (κ1) is 14.5. The molecule has 0 saturated carbocycles. The van der Waals surface area contributed by atoms with Crippen molar-refractivity contribution in [3.63, 3.8) is 0 Å². The van der Waals surface area contributed by atoms with E-state index in [1.54, 1.807) is 0 Å². The highest BCUT2D eigenvalue weighted by atomic mass is 19.4. The number of hydrogen-bond donors (Lipinski definition) is 1. The average Bonchev–Trinajstić information content (AvgIpc) is 2.94. The van der Waals surface area contributed by atoms with Crippen LogP contribution in [0, 0.1) is 0 Å². The minimum absolute atomic E-state index is 0.264. The molecule has 0 aromatic carbocycles. The van der Waals surface area contributed by atoms with Gasteiger partial charge in [0, 0.05) is 12.5 Å². The van der Waals surface area contributed by atoms with E-state index in [1.807, 2.05) is 6.92 Å². The van der Waals surface area contributed by atoms with Crippen LogP contribution in [0.4, 0.5) is 13.2 Å². The van der Waals surface area contributed by atoms with E-state index in [2.05, 4.69) is 25.3 Å². The van der Waals surface area contributed by atoms with Crippen LogP contribution in [-0.4, -0.2) is 36.1 Å². The maximum absolute atomic E-state index is 12.5. The first-order chi connectivity index (χ1) is 9.40. The second kappa shape index (κ2) is 5.59. The van der Waals surface area contributed by atoms with Crippen molar-refractivity contribution in [1.82, 2.24) is 29.9 Å². The summed E-state index contributed by atoms with van der Waals surface area (Å²) in [5.41, 5.74) is 0. The zero-order valence-corrected chi connectivity index (χ0v) is 11.1. The Kier molecular flexibility index (Phi) is 4.05. The van der Waals surface area contributed by atoms with Gasteiger partial charge in [0.2, 0.25) is 5.82 Å². The predicted molar refractivity (Wildman–Crippen MR) is 64.8 cm³/mol. The number of aryl methyl sites for hydroxylation is 1. The smallest absolute Gasteiger partial charge is 0.257 e. The fourth-order valence-corrected chi connectivity index (χ4v) is 1.95. The van der Waals surface area contributed by atoms with Gasteiger partial charge in [0.25, 0.3) is 0 Å². The fourth-order valence-electron chi connectivity index (χ4n) is 1.95. The first-order valence-corrected chi connectivity index (χ1v) is 6.28. The lowest BCUT2D eigenvalue weighted by atomic mass is 10.1. The van der Waals surface area contributed by atoms with Crippen LogP contribution < -0.4 is 0 Å². The summed E-state index contributed by atoms with van der Waals surface area (Å²) in [6.07, 6.45) is -3.10. The van der Waals surface area contributed by atoms with Gasteiger partial charge in [0.1, 0.15) is 12.2 Å². The van der Waals surface area contributed by atoms with Crippen molar-refractivity contribution in [3.05, 3.63) is 12.2 Å². The van der Waals surface area contributed by atoms with E-state index in [1.165, 1.54) is 17.9 Å². The van der Waals surface area contributed by atoms with E-state index in [0.29, 0.717) is 18.2 Å². The molecule has 2 aromatic heterocycles. The molecule has 0 aliphatic heterocycles. The molecule has 0 bridgehead atoms. The molecule has 20 heavy (non-hydrogen) atoms. The van der Waals surface area contributed by atoms with Gasteiger partial charge < -0.3 is 0 Å². The third-order valence-corrected chi connectivity index (χ3v) is 2.74. The summed E-state index contributed by atoms with van der Waals surface area (Å²) < 4.78 is 39.0. The minimum atomic E-state index is -4.23. The molecule has 1 N–H and O–H groups in total. The molecule has 0 aliphatic carbocycles. The number of halogens is 3. The minimum Gasteiger partial charge on any atom is -0.257 e. The van der Waals surface area contributed by atoms with Crippen molar-refractivity contribution < 1.29 is 13.2 Å². The average molecular weight is 288 g/mol. The van der Waals surface area contributed by atoms with E-state index < -0.39 is 18.5 Å². The Morgan fingerprint density at radius 1 is 1.40 bits per heavy atom. The number of nitrogens with one attached hydrogen (secondary N) is 1. The molecular weight excluding hydrogens is 273 g/mol. The Morgan fingerprint density at radius 2 is 2.15 bits per heavy atom. The SMILES string of the molecule is CCCn1nc(-c2ncn[nH]2)nc1[C@H](C)CC(F)(F)F. The molecule has 0 amide bonds. The number of aromatic amines is 1. The quantitative estimate of drug-likeness (QED) is 0.917. The second-order valence-electron chi connectivity index (χ2n) is 4.57. The molecule has 0 saturated heterocycles. The third kappa shape index (κ3) is 3.34. The predicted octanol–water partition coefficient (Wildman–Crippen LogP) is 2.53. The zero-order valence-electron chi connectivity index (χ0n) is 11.1. The Balaban J connectivity index is 2.31. The molecule has 2 heterocycles. The summed E-state index contributed by atoms with van der Waals surface area (Å²) in [5.74, 6) is 0.168. The standard InChI is InChI=1S/C11H15F3N6/c1-3-4-20-10(7(2)5-11(12,13)14)17-9(19-20)8-15-6-16-18-8/h6-7H,3-5H2,1-2H3,(H,15,16,18)/t7-/m1/s1. The van der Waals surface area contributed by atoms with E-state index in [0.717, 1.165) is 6.42 Å². The van der Waals surface area contributed by atoms with Crippen molar-refractivity contribution >= 4 is 0 Å². The molecule has 0 spiro atoms. The maximum Gasteiger partial charge on any atom is 0.389 e. The molecule has 9 heteroatoms. The second-order valence-corrected chi connectivity index (χ2v) is 4.57. The van der Waals surface area contributed by atoms with Crippen molar-refractivity contribution in [2.24, 2.45) is 0 Å². The van der Waals surface area contributed by atoms with Crippen LogP contribution in [0.15, 0.2) is 6.33 Å². The van der Waals surface area contributed by atoms with Crippen LogP contribution in [0.5, 0.6) is 0 Å². The highest BCUT2D eigenvalue weighted by Gasteiger charge is 2.33. The Bertz CT molecular complexity index is 545. The van der Waals surface area contributed by atoms with Crippen molar-refractivity contribution in [1.29, 1.82) is 0 Å². The van der Waals surface area contributed by atoms with Gasteiger partial charge in [-0.2, -0.15) is 18.3 Å². The normalized spacial score (nSPS) is 13.7. The van der Waals surface area contributed by atoms with E-state index in [4.69, 9.17) is 0 Å². The van der Waals surface area contributed by atoms with E-state index in [-0.39, 0.29) is 5.82 Å². The van der Waals surface area contributed by atoms with Crippen molar-refractivity contribution in [2.75, 3.05) is 0 Å². The van der Waals surface area contributed by atoms with Gasteiger partial charge in [-0.25, -0.2) is 14.6 Å². The molecule has 0 aliphatic rings. The number of H-pyrrole nitrogens is 1. The van der Waals surface area contributed by atoms with Crippen LogP contribution >= 0.6 is 0 Å². The molecular formula is C11H15F3N6. The fraction of sp³-hybridized carbons (Fsp3) is 0.636. The summed E-state index contributed by atoms with van der Waals surface area (Å²) >= 11 is 0. The largest absolute Gasteiger partial charge is 0.389 e. The number of rotatable bonds is 5. The van der Waals surface area contributed by atoms with Gasteiger partial charge in [-0.15, -0.1) is 5.10 Å². The Morgan fingerprint density at radius 3 is 2.70 bits per heavy atom. The molecule has 0 unspecified atom stereocenters. The van der Waals surface area contributed by atoms with Gasteiger partial charge in [0.05, 0.1) is 6.42 Å². The Hall–Kier alpha value is -1.93.